The van der Waals surface area contributed by atoms with Crippen LogP contribution in [0.1, 0.15) is 48.9 Å². The summed E-state index contributed by atoms with van der Waals surface area (Å²) < 4.78 is 13.4. The van der Waals surface area contributed by atoms with Crippen molar-refractivity contribution >= 4 is 11.7 Å². The number of aromatic nitrogens is 1. The molecular weight excluding hydrogens is 369 g/mol. The van der Waals surface area contributed by atoms with E-state index in [-0.39, 0.29) is 17.8 Å². The van der Waals surface area contributed by atoms with Crippen molar-refractivity contribution in [2.45, 2.75) is 50.7 Å². The molecule has 2 aliphatic carbocycles. The summed E-state index contributed by atoms with van der Waals surface area (Å²) in [6, 6.07) is 7.88. The third-order valence-corrected chi connectivity index (χ3v) is 5.92. The second kappa shape index (κ2) is 8.49. The van der Waals surface area contributed by atoms with E-state index in [0.29, 0.717) is 11.5 Å². The zero-order valence-corrected chi connectivity index (χ0v) is 16.8. The average Bonchev–Trinajstić information content (AvgIpc) is 3.54. The first-order valence-corrected chi connectivity index (χ1v) is 10.5. The van der Waals surface area contributed by atoms with E-state index in [1.807, 2.05) is 13.1 Å². The highest BCUT2D eigenvalue weighted by atomic mass is 19.1. The number of carbonyl (C=O) groups is 1. The molecule has 4 rings (SSSR count). The number of hydrogen-bond donors (Lipinski definition) is 2. The van der Waals surface area contributed by atoms with E-state index in [0.717, 1.165) is 49.2 Å². The Morgan fingerprint density at radius 3 is 2.62 bits per heavy atom. The van der Waals surface area contributed by atoms with E-state index in [1.165, 1.54) is 25.0 Å². The van der Waals surface area contributed by atoms with Crippen molar-refractivity contribution in [3.8, 4) is 11.1 Å². The molecule has 0 saturated heterocycles. The van der Waals surface area contributed by atoms with Crippen LogP contribution in [0.5, 0.6) is 0 Å². The quantitative estimate of drug-likeness (QED) is 0.779. The highest BCUT2D eigenvalue weighted by Gasteiger charge is 2.27. The van der Waals surface area contributed by atoms with Gasteiger partial charge in [0, 0.05) is 25.4 Å². The molecular formula is C23H28FN3O2. The highest BCUT2D eigenvalue weighted by molar-refractivity contribution is 5.96. The van der Waals surface area contributed by atoms with Gasteiger partial charge in [0.25, 0.3) is 5.91 Å². The van der Waals surface area contributed by atoms with Gasteiger partial charge in [-0.15, -0.1) is 0 Å². The van der Waals surface area contributed by atoms with Crippen LogP contribution in [0, 0.1) is 11.7 Å². The molecule has 2 atom stereocenters. The minimum absolute atomic E-state index is 0.220. The van der Waals surface area contributed by atoms with Gasteiger partial charge < -0.3 is 15.3 Å². The van der Waals surface area contributed by atoms with Gasteiger partial charge in [0.1, 0.15) is 11.6 Å². The predicted octanol–water partition coefficient (Wildman–Crippen LogP) is 3.77. The minimum atomic E-state index is -0.499. The molecule has 1 aromatic carbocycles. The average molecular weight is 397 g/mol. The van der Waals surface area contributed by atoms with Crippen LogP contribution in [0.3, 0.4) is 0 Å². The minimum Gasteiger partial charge on any atom is -0.391 e. The summed E-state index contributed by atoms with van der Waals surface area (Å²) in [5.74, 6) is 0.953. The van der Waals surface area contributed by atoms with Crippen LogP contribution < -0.4 is 10.2 Å². The van der Waals surface area contributed by atoms with Gasteiger partial charge in [-0.2, -0.15) is 0 Å². The summed E-state index contributed by atoms with van der Waals surface area (Å²) in [7, 11) is 2.01. The number of benzene rings is 1. The monoisotopic (exact) mass is 397 g/mol. The number of aliphatic hydroxyl groups is 1. The Kier molecular flexibility index (Phi) is 5.81. The molecule has 2 saturated carbocycles. The lowest BCUT2D eigenvalue weighted by Crippen LogP contribution is -2.45. The first-order valence-electron chi connectivity index (χ1n) is 10.5. The first kappa shape index (κ1) is 19.8. The fourth-order valence-corrected chi connectivity index (χ4v) is 4.03. The molecule has 2 aromatic rings. The van der Waals surface area contributed by atoms with Crippen molar-refractivity contribution in [2.75, 3.05) is 18.5 Å². The van der Waals surface area contributed by atoms with Gasteiger partial charge in [0.15, 0.2) is 0 Å². The Balaban J connectivity index is 1.62. The Hall–Kier alpha value is -2.47. The summed E-state index contributed by atoms with van der Waals surface area (Å²) in [6.45, 7) is 0.918. The number of carbonyl (C=O) groups excluding carboxylic acids is 1. The van der Waals surface area contributed by atoms with Crippen LogP contribution in [-0.2, 0) is 0 Å². The molecule has 0 aliphatic heterocycles. The van der Waals surface area contributed by atoms with Crippen molar-refractivity contribution < 1.29 is 14.3 Å². The van der Waals surface area contributed by atoms with E-state index in [4.69, 9.17) is 0 Å². The lowest BCUT2D eigenvalue weighted by Gasteiger charge is -2.28. The number of halogens is 1. The fourth-order valence-electron chi connectivity index (χ4n) is 4.03. The van der Waals surface area contributed by atoms with Crippen LogP contribution >= 0.6 is 0 Å². The molecule has 0 spiro atoms. The number of nitrogens with zero attached hydrogens (tertiary/aromatic N) is 2. The lowest BCUT2D eigenvalue weighted by atomic mass is 9.92. The molecule has 2 fully saturated rings. The maximum atomic E-state index is 13.4. The molecule has 0 radical (unpaired) electrons. The zero-order chi connectivity index (χ0) is 20.4. The van der Waals surface area contributed by atoms with Crippen LogP contribution in [0.2, 0.25) is 0 Å². The SMILES string of the molecule is CN(CC1CC1)c1ncc(C(=O)NC2CCCCC2O)cc1-c1ccc(F)cc1. The Bertz CT molecular complexity index is 867. The van der Waals surface area contributed by atoms with Crippen molar-refractivity contribution in [1.29, 1.82) is 0 Å². The van der Waals surface area contributed by atoms with E-state index in [2.05, 4.69) is 15.2 Å². The number of pyridine rings is 1. The van der Waals surface area contributed by atoms with E-state index in [1.54, 1.807) is 18.3 Å². The largest absolute Gasteiger partial charge is 0.391 e. The fraction of sp³-hybridized carbons (Fsp3) is 0.478. The normalized spacial score (nSPS) is 21.6. The Morgan fingerprint density at radius 1 is 1.21 bits per heavy atom. The van der Waals surface area contributed by atoms with Gasteiger partial charge in [-0.05, 0) is 55.4 Å². The zero-order valence-electron chi connectivity index (χ0n) is 16.8. The van der Waals surface area contributed by atoms with Gasteiger partial charge >= 0.3 is 0 Å². The van der Waals surface area contributed by atoms with Crippen LogP contribution in [0.4, 0.5) is 10.2 Å². The van der Waals surface area contributed by atoms with Crippen molar-refractivity contribution in [1.82, 2.24) is 10.3 Å². The second-order valence-corrected chi connectivity index (χ2v) is 8.36. The summed E-state index contributed by atoms with van der Waals surface area (Å²) in [5, 5.41) is 13.1. The second-order valence-electron chi connectivity index (χ2n) is 8.36. The van der Waals surface area contributed by atoms with Gasteiger partial charge in [0.05, 0.1) is 17.7 Å². The third kappa shape index (κ3) is 4.75. The molecule has 1 aromatic heterocycles. The summed E-state index contributed by atoms with van der Waals surface area (Å²) in [5.41, 5.74) is 2.08. The van der Waals surface area contributed by atoms with Gasteiger partial charge in [-0.3, -0.25) is 4.79 Å². The number of hydrogen-bond acceptors (Lipinski definition) is 4. The van der Waals surface area contributed by atoms with E-state index >= 15 is 0 Å². The predicted molar refractivity (Wildman–Crippen MR) is 111 cm³/mol. The number of aliphatic hydroxyl groups excluding tert-OH is 1. The maximum Gasteiger partial charge on any atom is 0.253 e. The summed E-state index contributed by atoms with van der Waals surface area (Å²) in [4.78, 5) is 19.5. The lowest BCUT2D eigenvalue weighted by molar-refractivity contribution is 0.0717. The molecule has 29 heavy (non-hydrogen) atoms. The van der Waals surface area contributed by atoms with Crippen LogP contribution in [-0.4, -0.2) is 41.7 Å². The standard InChI is InChI=1S/C23H28FN3O2/c1-27(14-15-6-7-15)22-19(16-8-10-18(24)11-9-16)12-17(13-25-22)23(29)26-20-4-2-3-5-21(20)28/h8-13,15,20-21,28H,2-7,14H2,1H3,(H,26,29). The van der Waals surface area contributed by atoms with Crippen LogP contribution in [0.25, 0.3) is 11.1 Å². The number of amides is 1. The Labute approximate surface area is 171 Å². The Morgan fingerprint density at radius 2 is 1.93 bits per heavy atom. The van der Waals surface area contributed by atoms with Gasteiger partial charge in [-0.25, -0.2) is 9.37 Å². The third-order valence-electron chi connectivity index (χ3n) is 5.92. The van der Waals surface area contributed by atoms with Gasteiger partial charge in [-0.1, -0.05) is 25.0 Å². The van der Waals surface area contributed by atoms with Crippen molar-refractivity contribution in [2.24, 2.45) is 5.92 Å². The maximum absolute atomic E-state index is 13.4. The summed E-state index contributed by atoms with van der Waals surface area (Å²) in [6.07, 6.45) is 7.07. The molecule has 1 amide bonds. The topological polar surface area (TPSA) is 65.5 Å². The van der Waals surface area contributed by atoms with Crippen molar-refractivity contribution in [3.05, 3.63) is 47.9 Å². The molecule has 154 valence electrons. The summed E-state index contributed by atoms with van der Waals surface area (Å²) >= 11 is 0. The molecule has 2 N–H and O–H groups in total. The van der Waals surface area contributed by atoms with Crippen molar-refractivity contribution in [3.63, 3.8) is 0 Å². The van der Waals surface area contributed by atoms with Crippen LogP contribution in [0.15, 0.2) is 36.5 Å². The number of rotatable bonds is 6. The molecule has 2 aliphatic rings. The van der Waals surface area contributed by atoms with E-state index < -0.39 is 6.10 Å². The van der Waals surface area contributed by atoms with E-state index in [9.17, 15) is 14.3 Å². The molecule has 6 heteroatoms. The van der Waals surface area contributed by atoms with Gasteiger partial charge in [0.2, 0.25) is 0 Å². The smallest absolute Gasteiger partial charge is 0.253 e. The molecule has 2 unspecified atom stereocenters. The molecule has 0 bridgehead atoms. The number of anilines is 1. The number of nitrogens with one attached hydrogen (secondary N) is 1. The first-order chi connectivity index (χ1) is 14.0. The molecule has 5 nitrogen and oxygen atoms in total. The molecule has 1 heterocycles. The highest BCUT2D eigenvalue weighted by Crippen LogP contribution is 2.34.